The summed E-state index contributed by atoms with van der Waals surface area (Å²) < 4.78 is 5.32. The minimum atomic E-state index is -1.01. The molecular weight excluding hydrogens is 272 g/mol. The number of hydrogen-bond donors (Lipinski definition) is 2. The van der Waals surface area contributed by atoms with E-state index in [-0.39, 0.29) is 11.7 Å². The number of aromatic amines is 1. The average Bonchev–Trinajstić information content (AvgIpc) is 2.38. The summed E-state index contributed by atoms with van der Waals surface area (Å²) >= 11 is 0. The SMILES string of the molecule is CC(C)(C)OC(=O)N1CCC(O)(c2ccc(=O)[nH]c2)CC1. The van der Waals surface area contributed by atoms with E-state index in [0.29, 0.717) is 31.5 Å². The lowest BCUT2D eigenvalue weighted by atomic mass is 9.85. The standard InChI is InChI=1S/C15H22N2O4/c1-14(2,3)21-13(19)17-8-6-15(20,7-9-17)11-4-5-12(18)16-10-11/h4-5,10,20H,6-9H2,1-3H3,(H,16,18). The Labute approximate surface area is 123 Å². The summed E-state index contributed by atoms with van der Waals surface area (Å²) in [5.41, 5.74) is -1.06. The van der Waals surface area contributed by atoms with Gasteiger partial charge in [0.05, 0.1) is 5.60 Å². The second-order valence-corrected chi connectivity index (χ2v) is 6.44. The van der Waals surface area contributed by atoms with Crippen LogP contribution in [0.2, 0.25) is 0 Å². The van der Waals surface area contributed by atoms with E-state index in [1.165, 1.54) is 12.3 Å². The van der Waals surface area contributed by atoms with E-state index in [9.17, 15) is 14.7 Å². The normalized spacial score (nSPS) is 18.4. The van der Waals surface area contributed by atoms with Gasteiger partial charge in [-0.1, -0.05) is 0 Å². The molecule has 0 aliphatic carbocycles. The average molecular weight is 294 g/mol. The minimum Gasteiger partial charge on any atom is -0.444 e. The Morgan fingerprint density at radius 1 is 1.33 bits per heavy atom. The molecule has 1 aliphatic rings. The summed E-state index contributed by atoms with van der Waals surface area (Å²) in [6.45, 7) is 6.32. The van der Waals surface area contributed by atoms with Gasteiger partial charge in [-0.05, 0) is 45.2 Å². The number of nitrogens with zero attached hydrogens (tertiary/aromatic N) is 1. The number of aliphatic hydroxyl groups is 1. The molecule has 0 aromatic carbocycles. The van der Waals surface area contributed by atoms with Crippen LogP contribution in [0.5, 0.6) is 0 Å². The summed E-state index contributed by atoms with van der Waals surface area (Å²) in [6.07, 6.45) is 2.01. The molecule has 116 valence electrons. The van der Waals surface area contributed by atoms with Crippen molar-refractivity contribution in [2.75, 3.05) is 13.1 Å². The summed E-state index contributed by atoms with van der Waals surface area (Å²) in [5.74, 6) is 0. The number of amides is 1. The third kappa shape index (κ3) is 3.85. The van der Waals surface area contributed by atoms with Crippen LogP contribution in [0.3, 0.4) is 0 Å². The molecule has 0 unspecified atom stereocenters. The van der Waals surface area contributed by atoms with Crippen molar-refractivity contribution >= 4 is 6.09 Å². The smallest absolute Gasteiger partial charge is 0.410 e. The Bertz CT molecular complexity index is 545. The largest absolute Gasteiger partial charge is 0.444 e. The number of aromatic nitrogens is 1. The maximum Gasteiger partial charge on any atom is 0.410 e. The van der Waals surface area contributed by atoms with Gasteiger partial charge in [0.15, 0.2) is 0 Å². The number of hydrogen-bond acceptors (Lipinski definition) is 4. The fourth-order valence-corrected chi connectivity index (χ4v) is 2.37. The van der Waals surface area contributed by atoms with E-state index in [1.807, 2.05) is 20.8 Å². The lowest BCUT2D eigenvalue weighted by molar-refractivity contribution is -0.0358. The number of nitrogens with one attached hydrogen (secondary N) is 1. The van der Waals surface area contributed by atoms with Gasteiger partial charge in [0.1, 0.15) is 5.60 Å². The van der Waals surface area contributed by atoms with Crippen LogP contribution in [0.15, 0.2) is 23.1 Å². The van der Waals surface area contributed by atoms with Crippen LogP contribution >= 0.6 is 0 Å². The molecule has 2 N–H and O–H groups in total. The van der Waals surface area contributed by atoms with Crippen LogP contribution in [-0.2, 0) is 10.3 Å². The zero-order valence-corrected chi connectivity index (χ0v) is 12.7. The fraction of sp³-hybridized carbons (Fsp3) is 0.600. The Morgan fingerprint density at radius 3 is 2.43 bits per heavy atom. The topological polar surface area (TPSA) is 82.6 Å². The summed E-state index contributed by atoms with van der Waals surface area (Å²) in [5, 5.41) is 10.7. The molecule has 0 radical (unpaired) electrons. The third-order valence-corrected chi connectivity index (χ3v) is 3.56. The van der Waals surface area contributed by atoms with E-state index in [2.05, 4.69) is 4.98 Å². The molecule has 0 bridgehead atoms. The van der Waals surface area contributed by atoms with Crippen molar-refractivity contribution in [3.63, 3.8) is 0 Å². The number of piperidine rings is 1. The maximum absolute atomic E-state index is 12.0. The van der Waals surface area contributed by atoms with Crippen molar-refractivity contribution in [1.82, 2.24) is 9.88 Å². The van der Waals surface area contributed by atoms with Crippen molar-refractivity contribution in [2.24, 2.45) is 0 Å². The molecule has 2 rings (SSSR count). The highest BCUT2D eigenvalue weighted by molar-refractivity contribution is 5.68. The van der Waals surface area contributed by atoms with Gasteiger partial charge in [-0.2, -0.15) is 0 Å². The van der Waals surface area contributed by atoms with Gasteiger partial charge in [-0.25, -0.2) is 4.79 Å². The number of rotatable bonds is 1. The Hall–Kier alpha value is -1.82. The van der Waals surface area contributed by atoms with Gasteiger partial charge in [0.25, 0.3) is 0 Å². The quantitative estimate of drug-likeness (QED) is 0.824. The van der Waals surface area contributed by atoms with Crippen LogP contribution in [0.4, 0.5) is 4.79 Å². The van der Waals surface area contributed by atoms with Gasteiger partial charge in [-0.3, -0.25) is 4.79 Å². The van der Waals surface area contributed by atoms with E-state index < -0.39 is 11.2 Å². The van der Waals surface area contributed by atoms with Gasteiger partial charge in [-0.15, -0.1) is 0 Å². The highest BCUT2D eigenvalue weighted by Crippen LogP contribution is 2.32. The molecule has 21 heavy (non-hydrogen) atoms. The van der Waals surface area contributed by atoms with Gasteiger partial charge >= 0.3 is 6.09 Å². The number of pyridine rings is 1. The van der Waals surface area contributed by atoms with Crippen molar-refractivity contribution < 1.29 is 14.6 Å². The van der Waals surface area contributed by atoms with E-state index >= 15 is 0 Å². The van der Waals surface area contributed by atoms with E-state index in [1.54, 1.807) is 11.0 Å². The number of likely N-dealkylation sites (tertiary alicyclic amines) is 1. The predicted octanol–water partition coefficient (Wildman–Crippen LogP) is 1.59. The molecular formula is C15H22N2O4. The van der Waals surface area contributed by atoms with Crippen molar-refractivity contribution in [3.8, 4) is 0 Å². The zero-order chi connectivity index (χ0) is 15.7. The molecule has 6 nitrogen and oxygen atoms in total. The molecule has 2 heterocycles. The number of carbonyl (C=O) groups excluding carboxylic acids is 1. The first-order valence-corrected chi connectivity index (χ1v) is 7.09. The molecule has 0 spiro atoms. The first kappa shape index (κ1) is 15.6. The number of ether oxygens (including phenoxy) is 1. The monoisotopic (exact) mass is 294 g/mol. The third-order valence-electron chi connectivity index (χ3n) is 3.56. The van der Waals surface area contributed by atoms with Crippen LogP contribution in [0.25, 0.3) is 0 Å². The van der Waals surface area contributed by atoms with Crippen LogP contribution in [0.1, 0.15) is 39.2 Å². The zero-order valence-electron chi connectivity index (χ0n) is 12.7. The first-order chi connectivity index (χ1) is 9.70. The van der Waals surface area contributed by atoms with Crippen molar-refractivity contribution in [1.29, 1.82) is 0 Å². The Balaban J connectivity index is 2.00. The second-order valence-electron chi connectivity index (χ2n) is 6.44. The van der Waals surface area contributed by atoms with Gasteiger partial charge < -0.3 is 19.7 Å². The van der Waals surface area contributed by atoms with Crippen molar-refractivity contribution in [2.45, 2.75) is 44.8 Å². The second kappa shape index (κ2) is 5.52. The molecule has 6 heteroatoms. The highest BCUT2D eigenvalue weighted by Gasteiger charge is 2.36. The molecule has 1 aromatic heterocycles. The summed E-state index contributed by atoms with van der Waals surface area (Å²) in [4.78, 5) is 27.2. The maximum atomic E-state index is 12.0. The van der Waals surface area contributed by atoms with Crippen LogP contribution < -0.4 is 5.56 Å². The number of H-pyrrole nitrogens is 1. The molecule has 1 saturated heterocycles. The lowest BCUT2D eigenvalue weighted by Crippen LogP contribution is -2.46. The molecule has 1 amide bonds. The lowest BCUT2D eigenvalue weighted by Gasteiger charge is -2.38. The van der Waals surface area contributed by atoms with Crippen LogP contribution in [-0.4, -0.2) is 39.8 Å². The van der Waals surface area contributed by atoms with Crippen LogP contribution in [0, 0.1) is 0 Å². The Morgan fingerprint density at radius 2 is 1.95 bits per heavy atom. The summed E-state index contributed by atoms with van der Waals surface area (Å²) in [6, 6.07) is 3.02. The summed E-state index contributed by atoms with van der Waals surface area (Å²) in [7, 11) is 0. The molecule has 0 saturated carbocycles. The predicted molar refractivity (Wildman–Crippen MR) is 78.0 cm³/mol. The fourth-order valence-electron chi connectivity index (χ4n) is 2.37. The van der Waals surface area contributed by atoms with Gasteiger partial charge in [0.2, 0.25) is 5.56 Å². The minimum absolute atomic E-state index is 0.200. The van der Waals surface area contributed by atoms with Crippen molar-refractivity contribution in [3.05, 3.63) is 34.2 Å². The highest BCUT2D eigenvalue weighted by atomic mass is 16.6. The van der Waals surface area contributed by atoms with Gasteiger partial charge in [0, 0.05) is 25.4 Å². The van der Waals surface area contributed by atoms with E-state index in [0.717, 1.165) is 0 Å². The Kier molecular flexibility index (Phi) is 4.09. The molecule has 1 aliphatic heterocycles. The molecule has 1 aromatic rings. The molecule has 1 fully saturated rings. The van der Waals surface area contributed by atoms with E-state index in [4.69, 9.17) is 4.74 Å². The number of carbonyl (C=O) groups is 1. The molecule has 0 atom stereocenters. The first-order valence-electron chi connectivity index (χ1n) is 7.09.